The van der Waals surface area contributed by atoms with Crippen molar-refractivity contribution >= 4 is 27.7 Å². The van der Waals surface area contributed by atoms with Crippen molar-refractivity contribution in [2.45, 2.75) is 13.5 Å². The molecule has 0 atom stereocenters. The van der Waals surface area contributed by atoms with Gasteiger partial charge in [-0.05, 0) is 42.3 Å². The molecule has 0 saturated carbocycles. The topological polar surface area (TPSA) is 67.0 Å². The van der Waals surface area contributed by atoms with Crippen molar-refractivity contribution in [3.05, 3.63) is 95.7 Å². The van der Waals surface area contributed by atoms with E-state index in [1.54, 1.807) is 7.11 Å². The molecule has 0 fully saturated rings. The number of rotatable bonds is 5. The van der Waals surface area contributed by atoms with Crippen molar-refractivity contribution in [2.75, 3.05) is 7.11 Å². The number of amides is 1. The summed E-state index contributed by atoms with van der Waals surface area (Å²) in [6.07, 6.45) is 0. The van der Waals surface area contributed by atoms with Crippen LogP contribution in [0.15, 0.2) is 78.9 Å². The Morgan fingerprint density at radius 3 is 2.50 bits per heavy atom. The Kier molecular flexibility index (Phi) is 5.07. The first-order chi connectivity index (χ1) is 15.6. The normalized spacial score (nSPS) is 11.1. The van der Waals surface area contributed by atoms with Gasteiger partial charge >= 0.3 is 0 Å². The van der Waals surface area contributed by atoms with Crippen LogP contribution in [0, 0.1) is 6.92 Å². The van der Waals surface area contributed by atoms with Crippen LogP contribution in [0.2, 0.25) is 0 Å². The lowest BCUT2D eigenvalue weighted by Gasteiger charge is -2.10. The molecular weight excluding hydrogens is 398 g/mol. The van der Waals surface area contributed by atoms with Gasteiger partial charge in [0.2, 0.25) is 0 Å². The average Bonchev–Trinajstić information content (AvgIpc) is 3.21. The quantitative estimate of drug-likeness (QED) is 0.386. The van der Waals surface area contributed by atoms with Crippen LogP contribution in [0.1, 0.15) is 21.6 Å². The zero-order valence-corrected chi connectivity index (χ0v) is 18.0. The number of carbonyl (C=O) groups excluding carboxylic acids is 1. The number of hydrogen-bond acceptors (Lipinski definition) is 3. The molecule has 0 spiro atoms. The lowest BCUT2D eigenvalue weighted by Crippen LogP contribution is -2.24. The van der Waals surface area contributed by atoms with Crippen LogP contribution in [-0.4, -0.2) is 23.0 Å². The molecule has 0 aliphatic heterocycles. The van der Waals surface area contributed by atoms with Gasteiger partial charge in [0.25, 0.3) is 5.91 Å². The van der Waals surface area contributed by atoms with E-state index in [2.05, 4.69) is 29.4 Å². The van der Waals surface area contributed by atoms with Crippen molar-refractivity contribution in [3.63, 3.8) is 0 Å². The third-order valence-electron chi connectivity index (χ3n) is 5.74. The summed E-state index contributed by atoms with van der Waals surface area (Å²) < 4.78 is 5.20. The van der Waals surface area contributed by atoms with Gasteiger partial charge in [0.05, 0.1) is 18.3 Å². The van der Waals surface area contributed by atoms with E-state index in [-0.39, 0.29) is 5.91 Å². The number of pyridine rings is 1. The molecule has 0 aliphatic carbocycles. The van der Waals surface area contributed by atoms with Crippen LogP contribution in [0.25, 0.3) is 33.1 Å². The smallest absolute Gasteiger partial charge is 0.270 e. The maximum Gasteiger partial charge on any atom is 0.270 e. The highest BCUT2D eigenvalue weighted by Crippen LogP contribution is 2.33. The number of methoxy groups -OCH3 is 1. The first-order valence-electron chi connectivity index (χ1n) is 10.5. The third-order valence-corrected chi connectivity index (χ3v) is 5.74. The molecule has 3 aromatic carbocycles. The van der Waals surface area contributed by atoms with Gasteiger partial charge in [-0.2, -0.15) is 0 Å². The summed E-state index contributed by atoms with van der Waals surface area (Å²) in [7, 11) is 1.63. The Bertz CT molecular complexity index is 1440. The number of nitrogens with zero attached hydrogens (tertiary/aromatic N) is 1. The van der Waals surface area contributed by atoms with Crippen LogP contribution in [0.3, 0.4) is 0 Å². The van der Waals surface area contributed by atoms with E-state index in [0.29, 0.717) is 12.2 Å². The number of aryl methyl sites for hydroxylation is 1. The van der Waals surface area contributed by atoms with E-state index in [9.17, 15) is 4.79 Å². The van der Waals surface area contributed by atoms with Gasteiger partial charge in [0.15, 0.2) is 0 Å². The van der Waals surface area contributed by atoms with Gasteiger partial charge in [0, 0.05) is 28.4 Å². The molecule has 5 nitrogen and oxygen atoms in total. The van der Waals surface area contributed by atoms with Gasteiger partial charge in [-0.1, -0.05) is 54.6 Å². The number of ether oxygens (including phenoxy) is 1. The molecule has 5 aromatic rings. The first kappa shape index (κ1) is 19.8. The minimum atomic E-state index is -0.206. The fourth-order valence-corrected chi connectivity index (χ4v) is 4.01. The molecular formula is C27H23N3O2. The van der Waals surface area contributed by atoms with Crippen molar-refractivity contribution in [1.29, 1.82) is 0 Å². The standard InChI is InChI=1S/C27H23N3O2/c1-17-7-3-4-8-20(17)25-26-22(21-9-5-6-10-23(21)29-26)15-24(30-25)27(31)28-16-18-11-13-19(32-2)14-12-18/h3-15,29H,16H2,1-2H3,(H,28,31). The second kappa shape index (κ2) is 8.19. The molecule has 0 bridgehead atoms. The number of H-pyrrole nitrogens is 1. The number of carbonyl (C=O) groups is 1. The van der Waals surface area contributed by atoms with E-state index in [4.69, 9.17) is 9.72 Å². The SMILES string of the molecule is COc1ccc(CNC(=O)c2cc3c([nH]c4ccccc43)c(-c3ccccc3C)n2)cc1. The second-order valence-electron chi connectivity index (χ2n) is 7.79. The van der Waals surface area contributed by atoms with Gasteiger partial charge < -0.3 is 15.0 Å². The maximum absolute atomic E-state index is 13.1. The van der Waals surface area contributed by atoms with E-state index in [1.165, 1.54) is 0 Å². The van der Waals surface area contributed by atoms with Crippen molar-refractivity contribution in [2.24, 2.45) is 0 Å². The summed E-state index contributed by atoms with van der Waals surface area (Å²) in [4.78, 5) is 21.4. The number of aromatic amines is 1. The van der Waals surface area contributed by atoms with Crippen LogP contribution in [0.4, 0.5) is 0 Å². The molecule has 2 aromatic heterocycles. The molecule has 1 amide bonds. The van der Waals surface area contributed by atoms with Gasteiger partial charge in [0.1, 0.15) is 11.4 Å². The van der Waals surface area contributed by atoms with Crippen molar-refractivity contribution < 1.29 is 9.53 Å². The summed E-state index contributed by atoms with van der Waals surface area (Å²) in [6.45, 7) is 2.47. The van der Waals surface area contributed by atoms with Gasteiger partial charge in [-0.3, -0.25) is 4.79 Å². The number of aromatic nitrogens is 2. The van der Waals surface area contributed by atoms with E-state index >= 15 is 0 Å². The first-order valence-corrected chi connectivity index (χ1v) is 10.5. The Balaban J connectivity index is 1.57. The van der Waals surface area contributed by atoms with E-state index in [1.807, 2.05) is 66.7 Å². The minimum Gasteiger partial charge on any atom is -0.497 e. The van der Waals surface area contributed by atoms with E-state index in [0.717, 1.165) is 49.9 Å². The fourth-order valence-electron chi connectivity index (χ4n) is 4.01. The molecule has 2 heterocycles. The lowest BCUT2D eigenvalue weighted by atomic mass is 10.0. The van der Waals surface area contributed by atoms with Gasteiger partial charge in [-0.25, -0.2) is 4.98 Å². The van der Waals surface area contributed by atoms with Crippen molar-refractivity contribution in [1.82, 2.24) is 15.3 Å². The molecule has 5 rings (SSSR count). The van der Waals surface area contributed by atoms with Crippen LogP contribution < -0.4 is 10.1 Å². The highest BCUT2D eigenvalue weighted by atomic mass is 16.5. The molecule has 2 N–H and O–H groups in total. The third kappa shape index (κ3) is 3.58. The number of nitrogens with one attached hydrogen (secondary N) is 2. The zero-order chi connectivity index (χ0) is 22.1. The van der Waals surface area contributed by atoms with Crippen LogP contribution in [-0.2, 0) is 6.54 Å². The maximum atomic E-state index is 13.1. The summed E-state index contributed by atoms with van der Waals surface area (Å²) in [5.74, 6) is 0.581. The molecule has 0 aliphatic rings. The largest absolute Gasteiger partial charge is 0.497 e. The minimum absolute atomic E-state index is 0.206. The predicted molar refractivity (Wildman–Crippen MR) is 128 cm³/mol. The Labute approximate surface area is 186 Å². The van der Waals surface area contributed by atoms with E-state index < -0.39 is 0 Å². The summed E-state index contributed by atoms with van der Waals surface area (Å²) in [5.41, 5.74) is 6.25. The predicted octanol–water partition coefficient (Wildman–Crippen LogP) is 5.63. The Morgan fingerprint density at radius 1 is 0.969 bits per heavy atom. The summed E-state index contributed by atoms with van der Waals surface area (Å²) in [6, 6.07) is 25.7. The van der Waals surface area contributed by atoms with Crippen molar-refractivity contribution in [3.8, 4) is 17.0 Å². The fraction of sp³-hybridized carbons (Fsp3) is 0.111. The van der Waals surface area contributed by atoms with Crippen LogP contribution in [0.5, 0.6) is 5.75 Å². The van der Waals surface area contributed by atoms with Crippen LogP contribution >= 0.6 is 0 Å². The van der Waals surface area contributed by atoms with Gasteiger partial charge in [-0.15, -0.1) is 0 Å². The highest BCUT2D eigenvalue weighted by Gasteiger charge is 2.17. The number of para-hydroxylation sites is 1. The molecule has 32 heavy (non-hydrogen) atoms. The highest BCUT2D eigenvalue weighted by molar-refractivity contribution is 6.13. The molecule has 158 valence electrons. The average molecular weight is 422 g/mol. The summed E-state index contributed by atoms with van der Waals surface area (Å²) >= 11 is 0. The molecule has 5 heteroatoms. The molecule has 0 unspecified atom stereocenters. The Morgan fingerprint density at radius 2 is 1.72 bits per heavy atom. The molecule has 0 saturated heterocycles. The second-order valence-corrected chi connectivity index (χ2v) is 7.79. The molecule has 0 radical (unpaired) electrons. The number of fused-ring (bicyclic) bond motifs is 3. The monoisotopic (exact) mass is 421 g/mol. The summed E-state index contributed by atoms with van der Waals surface area (Å²) in [5, 5.41) is 5.06. The lowest BCUT2D eigenvalue weighted by molar-refractivity contribution is 0.0946. The number of benzene rings is 3. The Hall–Kier alpha value is -4.12. The number of hydrogen-bond donors (Lipinski definition) is 2. The zero-order valence-electron chi connectivity index (χ0n) is 18.0.